The third-order valence-corrected chi connectivity index (χ3v) is 7.03. The lowest BCUT2D eigenvalue weighted by atomic mass is 10.0. The topological polar surface area (TPSA) is 83.9 Å². The highest BCUT2D eigenvalue weighted by Gasteiger charge is 2.29. The maximum absolute atomic E-state index is 13.0. The molecule has 0 saturated carbocycles. The summed E-state index contributed by atoms with van der Waals surface area (Å²) in [5, 5.41) is 7.07. The molecule has 0 radical (unpaired) electrons. The quantitative estimate of drug-likeness (QED) is 0.538. The normalized spacial score (nSPS) is 16.8. The molecular weight excluding hydrogens is 428 g/mol. The molecule has 162 valence electrons. The Labute approximate surface area is 190 Å². The number of carbonyl (C=O) groups is 1. The molecule has 1 saturated heterocycles. The van der Waals surface area contributed by atoms with Gasteiger partial charge in [0.05, 0.1) is 22.4 Å². The molecule has 1 atom stereocenters. The third kappa shape index (κ3) is 5.16. The molecule has 3 aromatic heterocycles. The minimum absolute atomic E-state index is 0.0267. The number of carbonyl (C=O) groups excluding carboxylic acids is 1. The van der Waals surface area contributed by atoms with E-state index in [1.165, 1.54) is 4.88 Å². The van der Waals surface area contributed by atoms with Gasteiger partial charge in [-0.15, -0.1) is 22.7 Å². The number of likely N-dealkylation sites (tertiary alicyclic amines) is 1. The van der Waals surface area contributed by atoms with Gasteiger partial charge in [-0.25, -0.2) is 19.9 Å². The van der Waals surface area contributed by atoms with E-state index in [9.17, 15) is 4.79 Å². The first kappa shape index (κ1) is 21.6. The number of thiazole rings is 2. The summed E-state index contributed by atoms with van der Waals surface area (Å²) in [4.78, 5) is 34.4. The second-order valence-electron chi connectivity index (χ2n) is 7.71. The van der Waals surface area contributed by atoms with Gasteiger partial charge in [-0.3, -0.25) is 4.79 Å². The van der Waals surface area contributed by atoms with E-state index in [-0.39, 0.29) is 11.9 Å². The standard InChI is InChI=1S/C22H26N6OS2/c1-13-11-19(27-22-24-14(2)15(3)31-22)26-21(23-13)18-7-5-6-10-28(18)20(29)9-8-17-12-30-16(4)25-17/h8-9,11-12,18H,5-7,10H2,1-4H3,(H,23,24,26,27)/b9-8+. The van der Waals surface area contributed by atoms with Crippen LogP contribution in [0.1, 0.15) is 58.1 Å². The Morgan fingerprint density at radius 1 is 1.16 bits per heavy atom. The van der Waals surface area contributed by atoms with Crippen LogP contribution in [-0.4, -0.2) is 37.3 Å². The minimum Gasteiger partial charge on any atom is -0.329 e. The Morgan fingerprint density at radius 3 is 2.71 bits per heavy atom. The van der Waals surface area contributed by atoms with Gasteiger partial charge >= 0.3 is 0 Å². The van der Waals surface area contributed by atoms with Gasteiger partial charge in [0.25, 0.3) is 0 Å². The van der Waals surface area contributed by atoms with Crippen LogP contribution in [0.15, 0.2) is 17.5 Å². The van der Waals surface area contributed by atoms with Crippen LogP contribution in [0, 0.1) is 27.7 Å². The lowest BCUT2D eigenvalue weighted by molar-refractivity contribution is -0.129. The van der Waals surface area contributed by atoms with Gasteiger partial charge in [0.15, 0.2) is 11.0 Å². The highest BCUT2D eigenvalue weighted by Crippen LogP contribution is 2.31. The third-order valence-electron chi connectivity index (χ3n) is 5.25. The van der Waals surface area contributed by atoms with Crippen LogP contribution < -0.4 is 5.32 Å². The molecule has 0 aromatic carbocycles. The summed E-state index contributed by atoms with van der Waals surface area (Å²) >= 11 is 3.18. The number of piperidine rings is 1. The molecule has 1 unspecified atom stereocenters. The Balaban J connectivity index is 1.56. The van der Waals surface area contributed by atoms with Crippen LogP contribution >= 0.6 is 22.7 Å². The van der Waals surface area contributed by atoms with Crippen molar-refractivity contribution >= 4 is 45.6 Å². The zero-order valence-electron chi connectivity index (χ0n) is 18.2. The summed E-state index contributed by atoms with van der Waals surface area (Å²) in [6.45, 7) is 8.67. The van der Waals surface area contributed by atoms with Crippen molar-refractivity contribution in [3.05, 3.63) is 50.3 Å². The van der Waals surface area contributed by atoms with Gasteiger partial charge in [-0.05, 0) is 53.0 Å². The predicted octanol–water partition coefficient (Wildman–Crippen LogP) is 5.13. The predicted molar refractivity (Wildman–Crippen MR) is 126 cm³/mol. The Morgan fingerprint density at radius 2 is 2.00 bits per heavy atom. The molecule has 0 aliphatic carbocycles. The van der Waals surface area contributed by atoms with Crippen molar-refractivity contribution in [3.8, 4) is 0 Å². The molecule has 1 fully saturated rings. The zero-order chi connectivity index (χ0) is 22.0. The Kier molecular flexibility index (Phi) is 6.43. The van der Waals surface area contributed by atoms with Gasteiger partial charge in [0, 0.05) is 34.6 Å². The van der Waals surface area contributed by atoms with Crippen LogP contribution in [-0.2, 0) is 4.79 Å². The average Bonchev–Trinajstić information content (AvgIpc) is 3.30. The fourth-order valence-corrected chi connectivity index (χ4v) is 5.02. The molecule has 1 amide bonds. The Bertz CT molecular complexity index is 1100. The first-order chi connectivity index (χ1) is 14.9. The fourth-order valence-electron chi connectivity index (χ4n) is 3.61. The molecule has 0 spiro atoms. The number of nitrogens with zero attached hydrogens (tertiary/aromatic N) is 5. The van der Waals surface area contributed by atoms with Crippen LogP contribution in [0.3, 0.4) is 0 Å². The SMILES string of the molecule is Cc1cc(Nc2nc(C)c(C)s2)nc(C2CCCCN2C(=O)/C=C/c2csc(C)n2)n1. The first-order valence-corrected chi connectivity index (χ1v) is 12.1. The van der Waals surface area contributed by atoms with Crippen LogP contribution in [0.2, 0.25) is 0 Å². The molecule has 1 aliphatic rings. The molecule has 4 rings (SSSR count). The average molecular weight is 455 g/mol. The van der Waals surface area contributed by atoms with E-state index >= 15 is 0 Å². The summed E-state index contributed by atoms with van der Waals surface area (Å²) in [6.07, 6.45) is 6.29. The molecule has 31 heavy (non-hydrogen) atoms. The molecule has 7 nitrogen and oxygen atoms in total. The largest absolute Gasteiger partial charge is 0.329 e. The highest BCUT2D eigenvalue weighted by atomic mass is 32.1. The highest BCUT2D eigenvalue weighted by molar-refractivity contribution is 7.15. The molecule has 9 heteroatoms. The molecular formula is C22H26N6OS2. The Hall–Kier alpha value is -2.65. The lowest BCUT2D eigenvalue weighted by Crippen LogP contribution is -2.38. The molecule has 0 bridgehead atoms. The van der Waals surface area contributed by atoms with Crippen molar-refractivity contribution < 1.29 is 4.79 Å². The van der Waals surface area contributed by atoms with Gasteiger partial charge in [-0.1, -0.05) is 0 Å². The van der Waals surface area contributed by atoms with Crippen molar-refractivity contribution in [2.45, 2.75) is 53.0 Å². The van der Waals surface area contributed by atoms with Crippen molar-refractivity contribution in [2.24, 2.45) is 0 Å². The van der Waals surface area contributed by atoms with Crippen molar-refractivity contribution in [1.82, 2.24) is 24.8 Å². The maximum atomic E-state index is 13.0. The summed E-state index contributed by atoms with van der Waals surface area (Å²) in [5.74, 6) is 1.36. The smallest absolute Gasteiger partial charge is 0.247 e. The van der Waals surface area contributed by atoms with Gasteiger partial charge in [0.1, 0.15) is 5.82 Å². The van der Waals surface area contributed by atoms with Crippen molar-refractivity contribution in [3.63, 3.8) is 0 Å². The lowest BCUT2D eigenvalue weighted by Gasteiger charge is -2.34. The molecule has 4 heterocycles. The van der Waals surface area contributed by atoms with E-state index < -0.39 is 0 Å². The molecule has 1 aliphatic heterocycles. The number of nitrogens with one attached hydrogen (secondary N) is 1. The summed E-state index contributed by atoms with van der Waals surface area (Å²) in [6, 6.07) is 1.78. The summed E-state index contributed by atoms with van der Waals surface area (Å²) < 4.78 is 0. The van der Waals surface area contributed by atoms with Gasteiger partial charge < -0.3 is 10.2 Å². The number of rotatable bonds is 5. The van der Waals surface area contributed by atoms with Crippen LogP contribution in [0.4, 0.5) is 10.9 Å². The van der Waals surface area contributed by atoms with Crippen molar-refractivity contribution in [2.75, 3.05) is 11.9 Å². The number of anilines is 2. The molecule has 3 aromatic rings. The van der Waals surface area contributed by atoms with E-state index in [4.69, 9.17) is 4.98 Å². The first-order valence-electron chi connectivity index (χ1n) is 10.4. The molecule has 1 N–H and O–H groups in total. The zero-order valence-corrected chi connectivity index (χ0v) is 19.8. The fraction of sp³-hybridized carbons (Fsp3) is 0.409. The van der Waals surface area contributed by atoms with E-state index in [0.717, 1.165) is 46.5 Å². The number of hydrogen-bond acceptors (Lipinski definition) is 8. The van der Waals surface area contributed by atoms with E-state index in [1.807, 2.05) is 37.1 Å². The second-order valence-corrected chi connectivity index (χ2v) is 9.97. The van der Waals surface area contributed by atoms with Crippen LogP contribution in [0.5, 0.6) is 0 Å². The van der Waals surface area contributed by atoms with Gasteiger partial charge in [-0.2, -0.15) is 0 Å². The summed E-state index contributed by atoms with van der Waals surface area (Å²) in [7, 11) is 0. The maximum Gasteiger partial charge on any atom is 0.247 e. The summed E-state index contributed by atoms with van der Waals surface area (Å²) in [5.41, 5.74) is 2.70. The number of aryl methyl sites for hydroxylation is 4. The number of aromatic nitrogens is 4. The number of amides is 1. The van der Waals surface area contributed by atoms with Crippen molar-refractivity contribution in [1.29, 1.82) is 0 Å². The van der Waals surface area contributed by atoms with Crippen LogP contribution in [0.25, 0.3) is 6.08 Å². The number of hydrogen-bond donors (Lipinski definition) is 1. The van der Waals surface area contributed by atoms with E-state index in [2.05, 4.69) is 27.2 Å². The van der Waals surface area contributed by atoms with E-state index in [1.54, 1.807) is 34.8 Å². The van der Waals surface area contributed by atoms with E-state index in [0.29, 0.717) is 18.2 Å². The second kappa shape index (κ2) is 9.23. The minimum atomic E-state index is -0.136. The monoisotopic (exact) mass is 454 g/mol. The van der Waals surface area contributed by atoms with Gasteiger partial charge in [0.2, 0.25) is 5.91 Å².